The Morgan fingerprint density at radius 2 is 2.12 bits per heavy atom. The maximum Gasteiger partial charge on any atom is 0.325 e. The standard InChI is InChI=1S/C12H23N3O2/c1-14(2)10-5-6-15(7-10)8-12(13,11(16)17)9-3-4-9/h9-10H,3-8,13H2,1-2H3,(H,16,17). The molecular formula is C12H23N3O2. The fourth-order valence-electron chi connectivity index (χ4n) is 2.72. The fraction of sp³-hybridized carbons (Fsp3) is 0.917. The summed E-state index contributed by atoms with van der Waals surface area (Å²) in [6.07, 6.45) is 3.04. The molecule has 0 bridgehead atoms. The molecule has 2 unspecified atom stereocenters. The average molecular weight is 241 g/mol. The van der Waals surface area contributed by atoms with E-state index in [0.29, 0.717) is 12.6 Å². The van der Waals surface area contributed by atoms with Crippen molar-refractivity contribution < 1.29 is 9.90 Å². The van der Waals surface area contributed by atoms with Crippen LogP contribution in [0.4, 0.5) is 0 Å². The van der Waals surface area contributed by atoms with E-state index in [-0.39, 0.29) is 5.92 Å². The highest BCUT2D eigenvalue weighted by atomic mass is 16.4. The molecule has 1 saturated carbocycles. The molecule has 1 saturated heterocycles. The smallest absolute Gasteiger partial charge is 0.325 e. The van der Waals surface area contributed by atoms with Crippen molar-refractivity contribution >= 4 is 5.97 Å². The summed E-state index contributed by atoms with van der Waals surface area (Å²) in [7, 11) is 4.14. The topological polar surface area (TPSA) is 69.8 Å². The summed E-state index contributed by atoms with van der Waals surface area (Å²) in [5.74, 6) is -0.660. The number of nitrogens with two attached hydrogens (primary N) is 1. The summed E-state index contributed by atoms with van der Waals surface area (Å²) in [4.78, 5) is 15.8. The highest BCUT2D eigenvalue weighted by molar-refractivity contribution is 5.79. The van der Waals surface area contributed by atoms with E-state index >= 15 is 0 Å². The molecule has 5 nitrogen and oxygen atoms in total. The van der Waals surface area contributed by atoms with Crippen LogP contribution in [0.2, 0.25) is 0 Å². The predicted molar refractivity (Wildman–Crippen MR) is 65.8 cm³/mol. The molecule has 5 heteroatoms. The Hall–Kier alpha value is -0.650. The summed E-state index contributed by atoms with van der Waals surface area (Å²) in [6.45, 7) is 2.39. The van der Waals surface area contributed by atoms with E-state index in [1.54, 1.807) is 0 Å². The Morgan fingerprint density at radius 3 is 2.53 bits per heavy atom. The molecule has 2 atom stereocenters. The largest absolute Gasteiger partial charge is 0.480 e. The molecule has 2 aliphatic rings. The second-order valence-corrected chi connectivity index (χ2v) is 5.76. The van der Waals surface area contributed by atoms with E-state index in [2.05, 4.69) is 23.9 Å². The number of nitrogens with zero attached hydrogens (tertiary/aromatic N) is 2. The Labute approximate surface area is 103 Å². The number of aliphatic carboxylic acids is 1. The molecule has 2 fully saturated rings. The summed E-state index contributed by atoms with van der Waals surface area (Å²) in [6, 6.07) is 0.534. The quantitative estimate of drug-likeness (QED) is 0.698. The molecule has 0 amide bonds. The number of rotatable bonds is 5. The first-order valence-corrected chi connectivity index (χ1v) is 6.34. The van der Waals surface area contributed by atoms with E-state index in [4.69, 9.17) is 5.73 Å². The molecule has 17 heavy (non-hydrogen) atoms. The van der Waals surface area contributed by atoms with Crippen LogP contribution in [0.15, 0.2) is 0 Å². The highest BCUT2D eigenvalue weighted by Gasteiger charge is 2.49. The SMILES string of the molecule is CN(C)C1CCN(CC(N)(C(=O)O)C2CC2)C1. The molecular weight excluding hydrogens is 218 g/mol. The van der Waals surface area contributed by atoms with Gasteiger partial charge in [-0.1, -0.05) is 0 Å². The minimum absolute atomic E-state index is 0.179. The Bertz CT molecular complexity index is 304. The number of carboxylic acid groups (broad SMARTS) is 1. The first kappa shape index (κ1) is 12.8. The summed E-state index contributed by atoms with van der Waals surface area (Å²) < 4.78 is 0. The molecule has 3 N–H and O–H groups in total. The molecule has 0 radical (unpaired) electrons. The van der Waals surface area contributed by atoms with Crippen LogP contribution in [0.25, 0.3) is 0 Å². The zero-order valence-electron chi connectivity index (χ0n) is 10.7. The van der Waals surface area contributed by atoms with Crippen molar-refractivity contribution in [3.63, 3.8) is 0 Å². The maximum atomic E-state index is 11.3. The van der Waals surface area contributed by atoms with Crippen LogP contribution in [-0.2, 0) is 4.79 Å². The monoisotopic (exact) mass is 241 g/mol. The van der Waals surface area contributed by atoms with E-state index < -0.39 is 11.5 Å². The van der Waals surface area contributed by atoms with Crippen LogP contribution in [0.5, 0.6) is 0 Å². The number of likely N-dealkylation sites (N-methyl/N-ethyl adjacent to an activating group) is 1. The van der Waals surface area contributed by atoms with E-state index in [9.17, 15) is 9.90 Å². The van der Waals surface area contributed by atoms with Crippen LogP contribution in [0.1, 0.15) is 19.3 Å². The lowest BCUT2D eigenvalue weighted by atomic mass is 9.94. The zero-order valence-corrected chi connectivity index (χ0v) is 10.7. The molecule has 2 rings (SSSR count). The lowest BCUT2D eigenvalue weighted by molar-refractivity contribution is -0.145. The van der Waals surface area contributed by atoms with Crippen molar-refractivity contribution in [3.05, 3.63) is 0 Å². The lowest BCUT2D eigenvalue weighted by Gasteiger charge is -2.30. The van der Waals surface area contributed by atoms with Gasteiger partial charge in [0.05, 0.1) is 0 Å². The molecule has 0 spiro atoms. The minimum Gasteiger partial charge on any atom is -0.480 e. The van der Waals surface area contributed by atoms with Crippen molar-refractivity contribution in [2.75, 3.05) is 33.7 Å². The first-order chi connectivity index (χ1) is 7.93. The summed E-state index contributed by atoms with van der Waals surface area (Å²) in [5.41, 5.74) is 5.07. The van der Waals surface area contributed by atoms with E-state index in [1.165, 1.54) is 0 Å². The van der Waals surface area contributed by atoms with Crippen LogP contribution in [-0.4, -0.2) is 66.2 Å². The van der Waals surface area contributed by atoms with Gasteiger partial charge in [0, 0.05) is 19.1 Å². The molecule has 1 heterocycles. The second kappa shape index (κ2) is 4.55. The molecule has 0 aromatic carbocycles. The van der Waals surface area contributed by atoms with Crippen molar-refractivity contribution in [1.82, 2.24) is 9.80 Å². The minimum atomic E-state index is -1.03. The summed E-state index contributed by atoms with van der Waals surface area (Å²) >= 11 is 0. The number of likely N-dealkylation sites (tertiary alicyclic amines) is 1. The van der Waals surface area contributed by atoms with Crippen LogP contribution in [0, 0.1) is 5.92 Å². The van der Waals surface area contributed by atoms with Crippen molar-refractivity contribution in [2.45, 2.75) is 30.8 Å². The van der Waals surface area contributed by atoms with Crippen molar-refractivity contribution in [2.24, 2.45) is 11.7 Å². The van der Waals surface area contributed by atoms with Gasteiger partial charge in [0.15, 0.2) is 0 Å². The fourth-order valence-corrected chi connectivity index (χ4v) is 2.72. The second-order valence-electron chi connectivity index (χ2n) is 5.76. The number of carbonyl (C=O) groups is 1. The van der Waals surface area contributed by atoms with Gasteiger partial charge in [0.25, 0.3) is 0 Å². The lowest BCUT2D eigenvalue weighted by Crippen LogP contribution is -2.57. The molecule has 0 aromatic rings. The summed E-state index contributed by atoms with van der Waals surface area (Å²) in [5, 5.41) is 9.32. The normalized spacial score (nSPS) is 29.5. The van der Waals surface area contributed by atoms with Gasteiger partial charge in [0.1, 0.15) is 5.54 Å². The third-order valence-corrected chi connectivity index (χ3v) is 4.17. The van der Waals surface area contributed by atoms with Gasteiger partial charge in [0.2, 0.25) is 0 Å². The third-order valence-electron chi connectivity index (χ3n) is 4.17. The zero-order chi connectivity index (χ0) is 12.6. The van der Waals surface area contributed by atoms with Gasteiger partial charge in [-0.05, 0) is 45.8 Å². The van der Waals surface area contributed by atoms with Gasteiger partial charge in [-0.3, -0.25) is 9.69 Å². The van der Waals surface area contributed by atoms with Gasteiger partial charge >= 0.3 is 5.97 Å². The first-order valence-electron chi connectivity index (χ1n) is 6.34. The maximum absolute atomic E-state index is 11.3. The molecule has 0 aromatic heterocycles. The van der Waals surface area contributed by atoms with Gasteiger partial charge in [-0.15, -0.1) is 0 Å². The molecule has 1 aliphatic heterocycles. The highest BCUT2D eigenvalue weighted by Crippen LogP contribution is 2.39. The van der Waals surface area contributed by atoms with Gasteiger partial charge in [-0.2, -0.15) is 0 Å². The van der Waals surface area contributed by atoms with Crippen LogP contribution in [0.3, 0.4) is 0 Å². The van der Waals surface area contributed by atoms with Crippen LogP contribution < -0.4 is 5.73 Å². The van der Waals surface area contributed by atoms with E-state index in [1.807, 2.05) is 0 Å². The Kier molecular flexibility index (Phi) is 3.43. The average Bonchev–Trinajstić information content (AvgIpc) is 3.00. The van der Waals surface area contributed by atoms with Crippen molar-refractivity contribution in [1.29, 1.82) is 0 Å². The molecule has 1 aliphatic carbocycles. The van der Waals surface area contributed by atoms with E-state index in [0.717, 1.165) is 32.4 Å². The predicted octanol–water partition coefficient (Wildman–Crippen LogP) is -0.186. The Morgan fingerprint density at radius 1 is 1.47 bits per heavy atom. The third kappa shape index (κ3) is 2.61. The number of carboxylic acids is 1. The number of hydrogen-bond donors (Lipinski definition) is 2. The number of hydrogen-bond acceptors (Lipinski definition) is 4. The Balaban J connectivity index is 1.94. The van der Waals surface area contributed by atoms with Crippen LogP contribution >= 0.6 is 0 Å². The molecule has 98 valence electrons. The van der Waals surface area contributed by atoms with Gasteiger partial charge in [-0.25, -0.2) is 0 Å². The van der Waals surface area contributed by atoms with Gasteiger partial charge < -0.3 is 15.7 Å². The van der Waals surface area contributed by atoms with Crippen molar-refractivity contribution in [3.8, 4) is 0 Å².